The second-order valence-corrected chi connectivity index (χ2v) is 7.16. The second-order valence-electron chi connectivity index (χ2n) is 7.16. The molecule has 0 spiro atoms. The molecule has 148 valence electrons. The van der Waals surface area contributed by atoms with Gasteiger partial charge in [-0.3, -0.25) is 14.4 Å². The maximum Gasteiger partial charge on any atom is 0.254 e. The Labute approximate surface area is 164 Å². The van der Waals surface area contributed by atoms with Crippen molar-refractivity contribution in [3.63, 3.8) is 0 Å². The van der Waals surface area contributed by atoms with E-state index in [0.717, 1.165) is 12.0 Å². The molecule has 0 radical (unpaired) electrons. The van der Waals surface area contributed by atoms with Gasteiger partial charge in [0.2, 0.25) is 11.8 Å². The van der Waals surface area contributed by atoms with Crippen LogP contribution in [0.15, 0.2) is 41.3 Å². The third-order valence-electron chi connectivity index (χ3n) is 5.15. The summed E-state index contributed by atoms with van der Waals surface area (Å²) in [5, 5.41) is 0. The average Bonchev–Trinajstić information content (AvgIpc) is 2.84. The summed E-state index contributed by atoms with van der Waals surface area (Å²) >= 11 is 0. The molecule has 1 aliphatic heterocycles. The summed E-state index contributed by atoms with van der Waals surface area (Å²) in [6, 6.07) is 9.83. The van der Waals surface area contributed by atoms with Gasteiger partial charge in [-0.15, -0.1) is 0 Å². The summed E-state index contributed by atoms with van der Waals surface area (Å²) in [4.78, 5) is 47.8. The maximum atomic E-state index is 12.8. The largest absolute Gasteiger partial charge is 0.340 e. The van der Waals surface area contributed by atoms with E-state index < -0.39 is 0 Å². The molecule has 1 aliphatic rings. The fraction of sp³-hybridized carbons (Fsp3) is 0.429. The summed E-state index contributed by atoms with van der Waals surface area (Å²) < 4.78 is 0. The Kier molecular flexibility index (Phi) is 6.23. The standard InChI is InChI=1S/C21H26N4O3/c1-3-18-14-24(20(27)11-17-12-22-15(2)23-21(17)28)10-9-19(26)25(18)13-16-7-5-4-6-8-16/h4-8,12,18H,3,9-11,13-14H2,1-2H3,(H,22,23,28). The average molecular weight is 382 g/mol. The molecule has 1 unspecified atom stereocenters. The first-order chi connectivity index (χ1) is 13.5. The maximum absolute atomic E-state index is 12.8. The summed E-state index contributed by atoms with van der Waals surface area (Å²) in [7, 11) is 0. The Morgan fingerprint density at radius 1 is 1.25 bits per heavy atom. The Morgan fingerprint density at radius 3 is 2.68 bits per heavy atom. The van der Waals surface area contributed by atoms with E-state index in [9.17, 15) is 14.4 Å². The molecule has 28 heavy (non-hydrogen) atoms. The van der Waals surface area contributed by atoms with E-state index in [-0.39, 0.29) is 36.3 Å². The lowest BCUT2D eigenvalue weighted by molar-refractivity contribution is -0.133. The van der Waals surface area contributed by atoms with Crippen molar-refractivity contribution in [3.8, 4) is 0 Å². The van der Waals surface area contributed by atoms with Gasteiger partial charge in [-0.05, 0) is 18.9 Å². The van der Waals surface area contributed by atoms with Gasteiger partial charge in [0.15, 0.2) is 0 Å². The number of rotatable bonds is 5. The first-order valence-electron chi connectivity index (χ1n) is 9.64. The van der Waals surface area contributed by atoms with Crippen molar-refractivity contribution < 1.29 is 9.59 Å². The molecule has 0 bridgehead atoms. The molecule has 1 aromatic heterocycles. The highest BCUT2D eigenvalue weighted by atomic mass is 16.2. The number of hydrogen-bond donors (Lipinski definition) is 1. The predicted octanol–water partition coefficient (Wildman–Crippen LogP) is 1.66. The van der Waals surface area contributed by atoms with E-state index in [4.69, 9.17) is 0 Å². The molecule has 0 saturated carbocycles. The Bertz CT molecular complexity index is 894. The van der Waals surface area contributed by atoms with Crippen LogP contribution in [0.25, 0.3) is 0 Å². The first-order valence-corrected chi connectivity index (χ1v) is 9.64. The van der Waals surface area contributed by atoms with Crippen LogP contribution < -0.4 is 5.56 Å². The lowest BCUT2D eigenvalue weighted by Gasteiger charge is -2.31. The van der Waals surface area contributed by atoms with Gasteiger partial charge < -0.3 is 14.8 Å². The minimum atomic E-state index is -0.288. The number of hydrogen-bond acceptors (Lipinski definition) is 4. The van der Waals surface area contributed by atoms with Crippen LogP contribution >= 0.6 is 0 Å². The molecule has 1 fully saturated rings. The highest BCUT2D eigenvalue weighted by Crippen LogP contribution is 2.18. The van der Waals surface area contributed by atoms with Crippen LogP contribution in [0.2, 0.25) is 0 Å². The fourth-order valence-corrected chi connectivity index (χ4v) is 3.51. The zero-order valence-electron chi connectivity index (χ0n) is 16.4. The number of H-pyrrole nitrogens is 1. The lowest BCUT2D eigenvalue weighted by atomic mass is 10.1. The number of carbonyl (C=O) groups excluding carboxylic acids is 2. The van der Waals surface area contributed by atoms with Crippen LogP contribution in [0, 0.1) is 6.92 Å². The molecule has 2 heterocycles. The van der Waals surface area contributed by atoms with Crippen molar-refractivity contribution in [2.75, 3.05) is 13.1 Å². The summed E-state index contributed by atoms with van der Waals surface area (Å²) in [6.45, 7) is 5.11. The van der Waals surface area contributed by atoms with Crippen molar-refractivity contribution in [2.45, 2.75) is 45.7 Å². The van der Waals surface area contributed by atoms with E-state index >= 15 is 0 Å². The van der Waals surface area contributed by atoms with Crippen molar-refractivity contribution in [1.29, 1.82) is 0 Å². The number of aromatic amines is 1. The molecule has 1 saturated heterocycles. The Hall–Kier alpha value is -2.96. The number of nitrogens with zero attached hydrogens (tertiary/aromatic N) is 3. The molecule has 2 aromatic rings. The SMILES string of the molecule is CCC1CN(C(=O)Cc2cnc(C)[nH]c2=O)CCC(=O)N1Cc1ccccc1. The Morgan fingerprint density at radius 2 is 2.00 bits per heavy atom. The molecule has 1 aromatic carbocycles. The van der Waals surface area contributed by atoms with Gasteiger partial charge in [0.25, 0.3) is 5.56 Å². The van der Waals surface area contributed by atoms with E-state index in [1.807, 2.05) is 42.2 Å². The van der Waals surface area contributed by atoms with Crippen LogP contribution in [0.1, 0.15) is 36.7 Å². The monoisotopic (exact) mass is 382 g/mol. The number of amides is 2. The van der Waals surface area contributed by atoms with E-state index in [2.05, 4.69) is 9.97 Å². The van der Waals surface area contributed by atoms with Crippen LogP contribution in [-0.2, 0) is 22.6 Å². The molecular weight excluding hydrogens is 356 g/mol. The van der Waals surface area contributed by atoms with Gasteiger partial charge in [0.05, 0.1) is 6.42 Å². The smallest absolute Gasteiger partial charge is 0.254 e. The highest BCUT2D eigenvalue weighted by molar-refractivity contribution is 5.81. The van der Waals surface area contributed by atoms with Crippen molar-refractivity contribution in [1.82, 2.24) is 19.8 Å². The molecule has 1 atom stereocenters. The molecule has 1 N–H and O–H groups in total. The number of benzene rings is 1. The van der Waals surface area contributed by atoms with Gasteiger partial charge in [-0.25, -0.2) is 4.98 Å². The number of carbonyl (C=O) groups is 2. The summed E-state index contributed by atoms with van der Waals surface area (Å²) in [5.41, 5.74) is 1.14. The quantitative estimate of drug-likeness (QED) is 0.852. The molecular formula is C21H26N4O3. The van der Waals surface area contributed by atoms with E-state index in [1.54, 1.807) is 11.8 Å². The van der Waals surface area contributed by atoms with Gasteiger partial charge in [0, 0.05) is 43.9 Å². The van der Waals surface area contributed by atoms with Gasteiger partial charge in [0.1, 0.15) is 5.82 Å². The minimum Gasteiger partial charge on any atom is -0.340 e. The number of nitrogens with one attached hydrogen (secondary N) is 1. The van der Waals surface area contributed by atoms with Gasteiger partial charge in [-0.2, -0.15) is 0 Å². The van der Waals surface area contributed by atoms with Crippen LogP contribution in [0.4, 0.5) is 0 Å². The van der Waals surface area contributed by atoms with Crippen LogP contribution in [0.3, 0.4) is 0 Å². The van der Waals surface area contributed by atoms with E-state index in [1.165, 1.54) is 6.20 Å². The first kappa shape index (κ1) is 19.8. The zero-order valence-corrected chi connectivity index (χ0v) is 16.4. The van der Waals surface area contributed by atoms with Crippen molar-refractivity contribution >= 4 is 11.8 Å². The topological polar surface area (TPSA) is 86.4 Å². The van der Waals surface area contributed by atoms with Crippen molar-refractivity contribution in [3.05, 3.63) is 63.8 Å². The van der Waals surface area contributed by atoms with Gasteiger partial charge in [-0.1, -0.05) is 37.3 Å². The second kappa shape index (κ2) is 8.82. The van der Waals surface area contributed by atoms with Crippen molar-refractivity contribution in [2.24, 2.45) is 0 Å². The third-order valence-corrected chi connectivity index (χ3v) is 5.15. The van der Waals surface area contributed by atoms with Gasteiger partial charge >= 0.3 is 0 Å². The number of aromatic nitrogens is 2. The molecule has 2 amide bonds. The minimum absolute atomic E-state index is 0.00801. The number of aryl methyl sites for hydroxylation is 1. The highest BCUT2D eigenvalue weighted by Gasteiger charge is 2.30. The summed E-state index contributed by atoms with van der Waals surface area (Å²) in [6.07, 6.45) is 2.49. The summed E-state index contributed by atoms with van der Waals surface area (Å²) in [5.74, 6) is 0.425. The van der Waals surface area contributed by atoms with E-state index in [0.29, 0.717) is 31.0 Å². The normalized spacial score (nSPS) is 17.5. The predicted molar refractivity (Wildman–Crippen MR) is 106 cm³/mol. The molecule has 7 nitrogen and oxygen atoms in total. The lowest BCUT2D eigenvalue weighted by Crippen LogP contribution is -2.44. The van der Waals surface area contributed by atoms with Crippen LogP contribution in [-0.4, -0.2) is 50.7 Å². The third kappa shape index (κ3) is 4.65. The molecule has 7 heteroatoms. The Balaban J connectivity index is 1.73. The molecule has 3 rings (SSSR count). The fourth-order valence-electron chi connectivity index (χ4n) is 3.51. The molecule has 0 aliphatic carbocycles. The zero-order chi connectivity index (χ0) is 20.1. The van der Waals surface area contributed by atoms with Crippen LogP contribution in [0.5, 0.6) is 0 Å².